The number of para-hydroxylation sites is 1. The van der Waals surface area contributed by atoms with Gasteiger partial charge in [-0.2, -0.15) is 0 Å². The van der Waals surface area contributed by atoms with Crippen LogP contribution in [0, 0.1) is 0 Å². The quantitative estimate of drug-likeness (QED) is 0.206. The number of Topliss-reactive ketones (excluding diaryl/α,β-unsaturated/α-hetero) is 1. The lowest BCUT2D eigenvalue weighted by atomic mass is 10.2. The Bertz CT molecular complexity index is 1120. The number of ketones is 1. The summed E-state index contributed by atoms with van der Waals surface area (Å²) in [6.07, 6.45) is 1.77. The van der Waals surface area contributed by atoms with Gasteiger partial charge in [-0.15, -0.1) is 11.7 Å². The molecule has 0 aliphatic carbocycles. The largest absolute Gasteiger partial charge is 0.453 e. The number of aromatic nitrogens is 3. The number of rotatable bonds is 7. The average Bonchev–Trinajstić information content (AvgIpc) is 3.31. The Balaban J connectivity index is 1.52. The van der Waals surface area contributed by atoms with Crippen molar-refractivity contribution < 1.29 is 9.21 Å². The Labute approximate surface area is 174 Å². The van der Waals surface area contributed by atoms with Crippen LogP contribution in [-0.2, 0) is 6.54 Å². The van der Waals surface area contributed by atoms with Crippen molar-refractivity contribution >= 4 is 44.4 Å². The van der Waals surface area contributed by atoms with E-state index >= 15 is 0 Å². The molecule has 7 heteroatoms. The van der Waals surface area contributed by atoms with Gasteiger partial charge in [-0.1, -0.05) is 64.1 Å². The van der Waals surface area contributed by atoms with Crippen LogP contribution in [0.1, 0.15) is 10.6 Å². The summed E-state index contributed by atoms with van der Waals surface area (Å²) in [6.45, 7) is 4.32. The Morgan fingerprint density at radius 2 is 2.00 bits per heavy atom. The number of hydrogen-bond donors (Lipinski definition) is 0. The number of furan rings is 1. The van der Waals surface area contributed by atoms with Crippen LogP contribution in [0.4, 0.5) is 0 Å². The normalized spacial score (nSPS) is 11.0. The molecule has 0 bridgehead atoms. The molecular weight excluding hydrogens is 438 g/mol. The van der Waals surface area contributed by atoms with Crippen LogP contribution in [0.15, 0.2) is 81.3 Å². The van der Waals surface area contributed by atoms with Gasteiger partial charge in [0.15, 0.2) is 11.6 Å². The second-order valence-electron chi connectivity index (χ2n) is 6.06. The minimum absolute atomic E-state index is 0.0912. The van der Waals surface area contributed by atoms with Gasteiger partial charge in [-0.25, -0.2) is 9.67 Å². The van der Waals surface area contributed by atoms with Crippen LogP contribution in [0.3, 0.4) is 0 Å². The lowest BCUT2D eigenvalue weighted by Gasteiger charge is -2.02. The fourth-order valence-electron chi connectivity index (χ4n) is 2.77. The highest BCUT2D eigenvalue weighted by atomic mass is 79.9. The predicted octanol–water partition coefficient (Wildman–Crippen LogP) is 5.61. The van der Waals surface area contributed by atoms with E-state index in [1.165, 1.54) is 11.8 Å². The van der Waals surface area contributed by atoms with Gasteiger partial charge < -0.3 is 4.42 Å². The maximum atomic E-state index is 12.5. The zero-order valence-electron chi connectivity index (χ0n) is 14.8. The van der Waals surface area contributed by atoms with E-state index in [0.717, 1.165) is 21.2 Å². The first kappa shape index (κ1) is 18.7. The Hall–Kier alpha value is -2.64. The molecule has 2 heterocycles. The van der Waals surface area contributed by atoms with Gasteiger partial charge in [0.05, 0.1) is 12.3 Å². The average molecular weight is 454 g/mol. The first-order valence-electron chi connectivity index (χ1n) is 8.60. The lowest BCUT2D eigenvalue weighted by molar-refractivity contribution is 0.0994. The van der Waals surface area contributed by atoms with Gasteiger partial charge in [0.25, 0.3) is 0 Å². The fourth-order valence-corrected chi connectivity index (χ4v) is 3.74. The first-order chi connectivity index (χ1) is 13.6. The number of fused-ring (bicyclic) bond motifs is 1. The van der Waals surface area contributed by atoms with Crippen molar-refractivity contribution in [1.82, 2.24) is 14.8 Å². The zero-order chi connectivity index (χ0) is 19.5. The molecule has 0 aliphatic rings. The molecule has 4 aromatic rings. The summed E-state index contributed by atoms with van der Waals surface area (Å²) < 4.78 is 8.42. The van der Waals surface area contributed by atoms with Crippen LogP contribution in [-0.4, -0.2) is 26.3 Å². The summed E-state index contributed by atoms with van der Waals surface area (Å²) in [5, 5.41) is 5.97. The second-order valence-corrected chi connectivity index (χ2v) is 7.91. The van der Waals surface area contributed by atoms with E-state index in [1.54, 1.807) is 16.8 Å². The number of carbonyl (C=O) groups is 1. The minimum atomic E-state index is -0.0912. The Kier molecular flexibility index (Phi) is 5.45. The fraction of sp³-hybridized carbons (Fsp3) is 0.0952. The van der Waals surface area contributed by atoms with Gasteiger partial charge in [-0.05, 0) is 24.3 Å². The molecule has 28 heavy (non-hydrogen) atoms. The predicted molar refractivity (Wildman–Crippen MR) is 115 cm³/mol. The molecule has 0 spiro atoms. The number of allylic oxidation sites excluding steroid dienone is 1. The van der Waals surface area contributed by atoms with E-state index in [2.05, 4.69) is 32.6 Å². The van der Waals surface area contributed by atoms with E-state index in [1.807, 2.05) is 48.5 Å². The molecule has 0 aliphatic heterocycles. The van der Waals surface area contributed by atoms with Crippen molar-refractivity contribution in [2.45, 2.75) is 11.7 Å². The van der Waals surface area contributed by atoms with Gasteiger partial charge >= 0.3 is 0 Å². The summed E-state index contributed by atoms with van der Waals surface area (Å²) in [7, 11) is 0. The molecular formula is C21H16BrN3O2S. The molecule has 5 nitrogen and oxygen atoms in total. The van der Waals surface area contributed by atoms with Crippen LogP contribution in [0.25, 0.3) is 22.4 Å². The van der Waals surface area contributed by atoms with E-state index in [4.69, 9.17) is 4.42 Å². The lowest BCUT2D eigenvalue weighted by Crippen LogP contribution is -2.01. The van der Waals surface area contributed by atoms with Crippen molar-refractivity contribution in [3.63, 3.8) is 0 Å². The molecule has 0 atom stereocenters. The molecule has 0 radical (unpaired) electrons. The molecule has 2 aromatic carbocycles. The number of benzene rings is 2. The third-order valence-corrected chi connectivity index (χ3v) is 5.46. The zero-order valence-corrected chi connectivity index (χ0v) is 17.2. The van der Waals surface area contributed by atoms with E-state index in [9.17, 15) is 4.79 Å². The third kappa shape index (κ3) is 3.95. The Morgan fingerprint density at radius 3 is 2.75 bits per heavy atom. The highest BCUT2D eigenvalue weighted by Gasteiger charge is 2.16. The summed E-state index contributed by atoms with van der Waals surface area (Å²) in [4.78, 5) is 17.1. The maximum absolute atomic E-state index is 12.5. The van der Waals surface area contributed by atoms with Crippen molar-refractivity contribution in [3.8, 4) is 11.4 Å². The van der Waals surface area contributed by atoms with Gasteiger partial charge in [0.1, 0.15) is 5.58 Å². The van der Waals surface area contributed by atoms with Crippen molar-refractivity contribution in [3.05, 3.63) is 77.5 Å². The molecule has 2 aromatic heterocycles. The van der Waals surface area contributed by atoms with Crippen molar-refractivity contribution in [1.29, 1.82) is 0 Å². The number of carbonyl (C=O) groups excluding carboxylic acids is 1. The van der Waals surface area contributed by atoms with Crippen molar-refractivity contribution in [2.24, 2.45) is 0 Å². The summed E-state index contributed by atoms with van der Waals surface area (Å²) in [5.41, 5.74) is 1.66. The molecule has 0 saturated carbocycles. The molecule has 0 fully saturated rings. The standard InChI is InChI=1S/C21H16BrN3O2S/c1-2-11-25-20(14-7-9-16(22)10-8-14)23-21(24-25)28-13-17(26)19-12-15-5-3-4-6-18(15)27-19/h2-10,12H,1,11,13H2. The number of thioether (sulfide) groups is 1. The highest BCUT2D eigenvalue weighted by Crippen LogP contribution is 2.25. The monoisotopic (exact) mass is 453 g/mol. The van der Waals surface area contributed by atoms with E-state index in [0.29, 0.717) is 23.0 Å². The van der Waals surface area contributed by atoms with E-state index in [-0.39, 0.29) is 11.5 Å². The molecule has 0 N–H and O–H groups in total. The Morgan fingerprint density at radius 1 is 1.21 bits per heavy atom. The first-order valence-corrected chi connectivity index (χ1v) is 10.4. The summed E-state index contributed by atoms with van der Waals surface area (Å²) >= 11 is 4.73. The topological polar surface area (TPSA) is 60.9 Å². The van der Waals surface area contributed by atoms with Crippen LogP contribution >= 0.6 is 27.7 Å². The number of halogens is 1. The molecule has 0 amide bonds. The molecule has 0 saturated heterocycles. The second kappa shape index (κ2) is 8.16. The number of hydrogen-bond acceptors (Lipinski definition) is 5. The van der Waals surface area contributed by atoms with Gasteiger partial charge in [-0.3, -0.25) is 4.79 Å². The molecule has 140 valence electrons. The summed E-state index contributed by atoms with van der Waals surface area (Å²) in [5.74, 6) is 1.21. The van der Waals surface area contributed by atoms with Crippen molar-refractivity contribution in [2.75, 3.05) is 5.75 Å². The molecule has 4 rings (SSSR count). The van der Waals surface area contributed by atoms with E-state index < -0.39 is 0 Å². The van der Waals surface area contributed by atoms with Gasteiger partial charge in [0.2, 0.25) is 10.9 Å². The van der Waals surface area contributed by atoms with Gasteiger partial charge in [0, 0.05) is 15.4 Å². The van der Waals surface area contributed by atoms with Crippen LogP contribution < -0.4 is 0 Å². The summed E-state index contributed by atoms with van der Waals surface area (Å²) in [6, 6.07) is 17.2. The van der Waals surface area contributed by atoms with Crippen LogP contribution in [0.5, 0.6) is 0 Å². The number of nitrogens with zero attached hydrogens (tertiary/aromatic N) is 3. The SMILES string of the molecule is C=CCn1nc(SCC(=O)c2cc3ccccc3o2)nc1-c1ccc(Br)cc1. The minimum Gasteiger partial charge on any atom is -0.453 e. The molecule has 0 unspecified atom stereocenters. The highest BCUT2D eigenvalue weighted by molar-refractivity contribution is 9.10. The smallest absolute Gasteiger partial charge is 0.209 e. The van der Waals surface area contributed by atoms with Crippen LogP contribution in [0.2, 0.25) is 0 Å². The maximum Gasteiger partial charge on any atom is 0.209 e. The third-order valence-electron chi connectivity index (χ3n) is 4.09.